The van der Waals surface area contributed by atoms with Crippen molar-refractivity contribution in [1.29, 1.82) is 0 Å². The SMILES string of the molecule is O=C(O)[C@H]1CC[C@@H](C(=O)N(CCCO)C2CCC2)O1. The molecule has 0 bridgehead atoms. The van der Waals surface area contributed by atoms with Crippen molar-refractivity contribution in [1.82, 2.24) is 4.90 Å². The third kappa shape index (κ3) is 3.25. The molecule has 108 valence electrons. The van der Waals surface area contributed by atoms with Crippen LogP contribution in [-0.2, 0) is 14.3 Å². The second-order valence-electron chi connectivity index (χ2n) is 5.22. The number of amides is 1. The van der Waals surface area contributed by atoms with Crippen LogP contribution in [0, 0.1) is 0 Å². The zero-order valence-corrected chi connectivity index (χ0v) is 11.0. The molecule has 0 radical (unpaired) electrons. The van der Waals surface area contributed by atoms with E-state index in [0.29, 0.717) is 25.8 Å². The van der Waals surface area contributed by atoms with Crippen LogP contribution in [-0.4, -0.2) is 58.4 Å². The Balaban J connectivity index is 1.93. The largest absolute Gasteiger partial charge is 0.479 e. The summed E-state index contributed by atoms with van der Waals surface area (Å²) >= 11 is 0. The minimum absolute atomic E-state index is 0.0553. The molecule has 2 fully saturated rings. The fraction of sp³-hybridized carbons (Fsp3) is 0.846. The number of carboxylic acids is 1. The highest BCUT2D eigenvalue weighted by molar-refractivity contribution is 5.83. The van der Waals surface area contributed by atoms with E-state index in [4.69, 9.17) is 14.9 Å². The maximum Gasteiger partial charge on any atom is 0.332 e. The lowest BCUT2D eigenvalue weighted by Gasteiger charge is -2.38. The van der Waals surface area contributed by atoms with Crippen molar-refractivity contribution in [2.24, 2.45) is 0 Å². The number of hydrogen-bond acceptors (Lipinski definition) is 4. The second-order valence-corrected chi connectivity index (χ2v) is 5.22. The molecule has 1 amide bonds. The quantitative estimate of drug-likeness (QED) is 0.729. The van der Waals surface area contributed by atoms with E-state index in [1.54, 1.807) is 4.90 Å². The number of aliphatic hydroxyl groups excluding tert-OH is 1. The van der Waals surface area contributed by atoms with E-state index >= 15 is 0 Å². The van der Waals surface area contributed by atoms with Crippen LogP contribution in [0.1, 0.15) is 38.5 Å². The molecule has 1 aliphatic heterocycles. The molecule has 0 aromatic carbocycles. The third-order valence-electron chi connectivity index (χ3n) is 3.93. The van der Waals surface area contributed by atoms with E-state index < -0.39 is 18.2 Å². The first-order valence-electron chi connectivity index (χ1n) is 6.93. The van der Waals surface area contributed by atoms with Crippen molar-refractivity contribution in [3.8, 4) is 0 Å². The average Bonchev–Trinajstić information content (AvgIpc) is 2.80. The average molecular weight is 271 g/mol. The molecule has 0 aromatic heterocycles. The predicted octanol–water partition coefficient (Wildman–Crippen LogP) is 0.382. The normalized spacial score (nSPS) is 27.0. The summed E-state index contributed by atoms with van der Waals surface area (Å²) in [7, 11) is 0. The summed E-state index contributed by atoms with van der Waals surface area (Å²) in [5.74, 6) is -1.11. The topological polar surface area (TPSA) is 87.1 Å². The summed E-state index contributed by atoms with van der Waals surface area (Å²) in [6.45, 7) is 0.581. The van der Waals surface area contributed by atoms with Gasteiger partial charge in [-0.25, -0.2) is 4.79 Å². The molecule has 2 aliphatic rings. The van der Waals surface area contributed by atoms with Gasteiger partial charge in [-0.05, 0) is 38.5 Å². The number of carbonyl (C=O) groups is 2. The molecule has 1 heterocycles. The number of carboxylic acid groups (broad SMARTS) is 1. The summed E-state index contributed by atoms with van der Waals surface area (Å²) in [6.07, 6.45) is 3.05. The van der Waals surface area contributed by atoms with E-state index in [0.717, 1.165) is 19.3 Å². The highest BCUT2D eigenvalue weighted by Crippen LogP contribution is 2.28. The first-order valence-corrected chi connectivity index (χ1v) is 6.93. The Morgan fingerprint density at radius 2 is 1.84 bits per heavy atom. The van der Waals surface area contributed by atoms with Gasteiger partial charge in [0.15, 0.2) is 6.10 Å². The highest BCUT2D eigenvalue weighted by atomic mass is 16.5. The zero-order chi connectivity index (χ0) is 13.8. The van der Waals surface area contributed by atoms with Crippen molar-refractivity contribution in [3.05, 3.63) is 0 Å². The van der Waals surface area contributed by atoms with Crippen molar-refractivity contribution < 1.29 is 24.5 Å². The van der Waals surface area contributed by atoms with Crippen LogP contribution >= 0.6 is 0 Å². The Morgan fingerprint density at radius 3 is 2.32 bits per heavy atom. The molecular formula is C13H21NO5. The predicted molar refractivity (Wildman–Crippen MR) is 66.6 cm³/mol. The molecule has 19 heavy (non-hydrogen) atoms. The summed E-state index contributed by atoms with van der Waals surface area (Å²) in [6, 6.07) is 0.242. The summed E-state index contributed by atoms with van der Waals surface area (Å²) < 4.78 is 5.31. The van der Waals surface area contributed by atoms with Crippen molar-refractivity contribution >= 4 is 11.9 Å². The van der Waals surface area contributed by atoms with Gasteiger partial charge in [0.2, 0.25) is 0 Å². The summed E-state index contributed by atoms with van der Waals surface area (Å²) in [5, 5.41) is 17.8. The molecule has 1 saturated heterocycles. The number of aliphatic hydroxyl groups is 1. The number of carbonyl (C=O) groups excluding carboxylic acids is 1. The Bertz CT molecular complexity index is 342. The Labute approximate surface area is 112 Å². The van der Waals surface area contributed by atoms with Crippen LogP contribution < -0.4 is 0 Å². The fourth-order valence-corrected chi connectivity index (χ4v) is 2.60. The number of ether oxygens (including phenoxy) is 1. The molecule has 0 spiro atoms. The first-order chi connectivity index (χ1) is 9.13. The maximum absolute atomic E-state index is 12.4. The lowest BCUT2D eigenvalue weighted by Crippen LogP contribution is -2.49. The van der Waals surface area contributed by atoms with E-state index in [1.165, 1.54) is 0 Å². The van der Waals surface area contributed by atoms with Gasteiger partial charge < -0.3 is 19.8 Å². The van der Waals surface area contributed by atoms with Gasteiger partial charge in [-0.2, -0.15) is 0 Å². The second kappa shape index (κ2) is 6.34. The highest BCUT2D eigenvalue weighted by Gasteiger charge is 2.39. The van der Waals surface area contributed by atoms with Gasteiger partial charge in [0.1, 0.15) is 6.10 Å². The van der Waals surface area contributed by atoms with Crippen molar-refractivity contribution in [2.75, 3.05) is 13.2 Å². The van der Waals surface area contributed by atoms with Gasteiger partial charge in [0.25, 0.3) is 5.91 Å². The van der Waals surface area contributed by atoms with Gasteiger partial charge >= 0.3 is 5.97 Å². The van der Waals surface area contributed by atoms with Crippen LogP contribution in [0.2, 0.25) is 0 Å². The Morgan fingerprint density at radius 1 is 1.16 bits per heavy atom. The number of rotatable bonds is 6. The van der Waals surface area contributed by atoms with Crippen LogP contribution in [0.3, 0.4) is 0 Å². The van der Waals surface area contributed by atoms with Crippen molar-refractivity contribution in [3.63, 3.8) is 0 Å². The Hall–Kier alpha value is -1.14. The number of nitrogens with zero attached hydrogens (tertiary/aromatic N) is 1. The minimum atomic E-state index is -0.999. The summed E-state index contributed by atoms with van der Waals surface area (Å²) in [5.41, 5.74) is 0. The van der Waals surface area contributed by atoms with Gasteiger partial charge in [0.05, 0.1) is 0 Å². The van der Waals surface area contributed by atoms with E-state index in [-0.39, 0.29) is 18.6 Å². The monoisotopic (exact) mass is 271 g/mol. The molecule has 6 heteroatoms. The molecule has 1 aliphatic carbocycles. The minimum Gasteiger partial charge on any atom is -0.479 e. The lowest BCUT2D eigenvalue weighted by atomic mass is 9.91. The molecule has 1 saturated carbocycles. The lowest BCUT2D eigenvalue weighted by molar-refractivity contribution is -0.156. The number of aliphatic carboxylic acids is 1. The zero-order valence-electron chi connectivity index (χ0n) is 11.0. The van der Waals surface area contributed by atoms with Crippen LogP contribution in [0.15, 0.2) is 0 Å². The molecule has 0 unspecified atom stereocenters. The standard InChI is InChI=1S/C13H21NO5/c15-8-2-7-14(9-3-1-4-9)12(16)10-5-6-11(19-10)13(17)18/h9-11,15H,1-8H2,(H,17,18)/t10-,11+/m0/s1. The van der Waals surface area contributed by atoms with Gasteiger partial charge in [-0.15, -0.1) is 0 Å². The van der Waals surface area contributed by atoms with Crippen molar-refractivity contribution in [2.45, 2.75) is 56.8 Å². The van der Waals surface area contributed by atoms with E-state index in [2.05, 4.69) is 0 Å². The first kappa shape index (κ1) is 14.3. The number of hydrogen-bond donors (Lipinski definition) is 2. The van der Waals surface area contributed by atoms with Gasteiger partial charge in [-0.3, -0.25) is 4.79 Å². The molecule has 2 N–H and O–H groups in total. The molecule has 6 nitrogen and oxygen atoms in total. The molecule has 2 rings (SSSR count). The fourth-order valence-electron chi connectivity index (χ4n) is 2.60. The third-order valence-corrected chi connectivity index (χ3v) is 3.93. The molecule has 0 aromatic rings. The van der Waals surface area contributed by atoms with E-state index in [9.17, 15) is 9.59 Å². The Kier molecular flexibility index (Phi) is 4.76. The molecule has 2 atom stereocenters. The van der Waals surface area contributed by atoms with Crippen LogP contribution in [0.25, 0.3) is 0 Å². The van der Waals surface area contributed by atoms with Crippen LogP contribution in [0.4, 0.5) is 0 Å². The molecular weight excluding hydrogens is 250 g/mol. The van der Waals surface area contributed by atoms with Crippen LogP contribution in [0.5, 0.6) is 0 Å². The summed E-state index contributed by atoms with van der Waals surface area (Å²) in [4.78, 5) is 25.0. The maximum atomic E-state index is 12.4. The van der Waals surface area contributed by atoms with Gasteiger partial charge in [-0.1, -0.05) is 0 Å². The van der Waals surface area contributed by atoms with E-state index in [1.807, 2.05) is 0 Å². The smallest absolute Gasteiger partial charge is 0.332 e. The van der Waals surface area contributed by atoms with Gasteiger partial charge in [0, 0.05) is 19.2 Å².